The van der Waals surface area contributed by atoms with Gasteiger partial charge in [-0.25, -0.2) is 4.98 Å². The number of amides is 1. The number of furan rings is 1. The van der Waals surface area contributed by atoms with E-state index in [9.17, 15) is 4.79 Å². The van der Waals surface area contributed by atoms with E-state index in [2.05, 4.69) is 11.1 Å². The Morgan fingerprint density at radius 2 is 2.11 bits per heavy atom. The molecule has 0 N–H and O–H groups in total. The fraction of sp³-hybridized carbons (Fsp3) is 0.238. The molecule has 0 aliphatic heterocycles. The fourth-order valence-electron chi connectivity index (χ4n) is 3.07. The van der Waals surface area contributed by atoms with E-state index in [1.807, 2.05) is 50.4 Å². The third-order valence-corrected chi connectivity index (χ3v) is 6.05. The van der Waals surface area contributed by atoms with Gasteiger partial charge in [0.15, 0.2) is 0 Å². The van der Waals surface area contributed by atoms with Gasteiger partial charge in [0, 0.05) is 24.1 Å². The normalized spacial score (nSPS) is 12.4. The lowest BCUT2D eigenvalue weighted by Gasteiger charge is -2.23. The maximum Gasteiger partial charge on any atom is 0.227 e. The first-order chi connectivity index (χ1) is 13.1. The van der Waals surface area contributed by atoms with Crippen molar-refractivity contribution < 1.29 is 13.9 Å². The largest absolute Gasteiger partial charge is 0.497 e. The van der Waals surface area contributed by atoms with Gasteiger partial charge >= 0.3 is 0 Å². The number of thiazole rings is 1. The topological polar surface area (TPSA) is 55.6 Å². The van der Waals surface area contributed by atoms with Crippen LogP contribution in [0.15, 0.2) is 53.1 Å². The summed E-state index contributed by atoms with van der Waals surface area (Å²) in [6, 6.07) is 13.6. The molecule has 0 bridgehead atoms. The van der Waals surface area contributed by atoms with Gasteiger partial charge in [0.1, 0.15) is 16.3 Å². The van der Waals surface area contributed by atoms with Crippen molar-refractivity contribution in [1.29, 1.82) is 0 Å². The second-order valence-corrected chi connectivity index (χ2v) is 7.56. The minimum absolute atomic E-state index is 0.0280. The maximum atomic E-state index is 12.8. The molecule has 0 unspecified atom stereocenters. The van der Waals surface area contributed by atoms with Crippen LogP contribution in [0.4, 0.5) is 0 Å². The van der Waals surface area contributed by atoms with E-state index in [1.165, 1.54) is 0 Å². The van der Waals surface area contributed by atoms with Gasteiger partial charge in [0.05, 0.1) is 36.1 Å². The number of fused-ring (bicyclic) bond motifs is 2. The Morgan fingerprint density at radius 1 is 1.30 bits per heavy atom. The lowest BCUT2D eigenvalue weighted by atomic mass is 10.1. The maximum absolute atomic E-state index is 12.8. The Labute approximate surface area is 161 Å². The molecule has 0 spiro atoms. The number of hydrogen-bond donors (Lipinski definition) is 0. The highest BCUT2D eigenvalue weighted by Gasteiger charge is 2.22. The molecule has 4 rings (SSSR count). The molecule has 4 aromatic rings. The predicted molar refractivity (Wildman–Crippen MR) is 107 cm³/mol. The molecular weight excluding hydrogens is 360 g/mol. The van der Waals surface area contributed by atoms with Crippen molar-refractivity contribution in [2.75, 3.05) is 14.2 Å². The van der Waals surface area contributed by atoms with Crippen LogP contribution in [0.25, 0.3) is 21.2 Å². The second-order valence-electron chi connectivity index (χ2n) is 6.50. The van der Waals surface area contributed by atoms with Crippen molar-refractivity contribution >= 4 is 38.4 Å². The van der Waals surface area contributed by atoms with E-state index in [4.69, 9.17) is 9.15 Å². The Kier molecular flexibility index (Phi) is 4.58. The van der Waals surface area contributed by atoms with E-state index in [-0.39, 0.29) is 18.4 Å². The van der Waals surface area contributed by atoms with Gasteiger partial charge in [0.2, 0.25) is 5.91 Å². The predicted octanol–water partition coefficient (Wildman–Crippen LogP) is 4.81. The number of aromatic nitrogens is 1. The Hall–Kier alpha value is -2.86. The number of benzene rings is 2. The van der Waals surface area contributed by atoms with E-state index >= 15 is 0 Å². The molecule has 1 atom stereocenters. The van der Waals surface area contributed by atoms with Crippen molar-refractivity contribution in [1.82, 2.24) is 9.88 Å². The summed E-state index contributed by atoms with van der Waals surface area (Å²) in [7, 11) is 3.44. The minimum atomic E-state index is -0.0897. The summed E-state index contributed by atoms with van der Waals surface area (Å²) < 4.78 is 11.9. The molecule has 1 amide bonds. The zero-order chi connectivity index (χ0) is 19.0. The first kappa shape index (κ1) is 17.5. The van der Waals surface area contributed by atoms with Gasteiger partial charge in [0.25, 0.3) is 0 Å². The number of likely N-dealkylation sites (N-methyl/N-ethyl adjacent to an activating group) is 1. The number of carbonyl (C=O) groups excluding carboxylic acids is 1. The van der Waals surface area contributed by atoms with Crippen molar-refractivity contribution in [2.45, 2.75) is 19.4 Å². The van der Waals surface area contributed by atoms with Gasteiger partial charge in [-0.15, -0.1) is 11.3 Å². The smallest absolute Gasteiger partial charge is 0.227 e. The van der Waals surface area contributed by atoms with Crippen LogP contribution in [0.1, 0.15) is 23.5 Å². The second kappa shape index (κ2) is 7.04. The highest BCUT2D eigenvalue weighted by Crippen LogP contribution is 2.30. The van der Waals surface area contributed by atoms with Crippen molar-refractivity contribution in [3.05, 3.63) is 59.3 Å². The van der Waals surface area contributed by atoms with Gasteiger partial charge in [-0.1, -0.05) is 12.1 Å². The summed E-state index contributed by atoms with van der Waals surface area (Å²) in [5.41, 5.74) is 2.57. The number of rotatable bonds is 5. The summed E-state index contributed by atoms with van der Waals surface area (Å²) >= 11 is 1.63. The summed E-state index contributed by atoms with van der Waals surface area (Å²) in [6.45, 7) is 2.01. The number of ether oxygens (including phenoxy) is 1. The van der Waals surface area contributed by atoms with Crippen LogP contribution < -0.4 is 4.74 Å². The monoisotopic (exact) mass is 380 g/mol. The third-order valence-electron chi connectivity index (χ3n) is 4.85. The first-order valence-corrected chi connectivity index (χ1v) is 9.53. The fourth-order valence-corrected chi connectivity index (χ4v) is 4.13. The molecule has 0 saturated heterocycles. The number of para-hydroxylation sites is 1. The van der Waals surface area contributed by atoms with E-state index in [0.717, 1.165) is 37.5 Å². The lowest BCUT2D eigenvalue weighted by Crippen LogP contribution is -2.30. The molecule has 2 aromatic carbocycles. The van der Waals surface area contributed by atoms with Crippen LogP contribution in [0, 0.1) is 0 Å². The van der Waals surface area contributed by atoms with E-state index in [0.29, 0.717) is 0 Å². The number of carbonyl (C=O) groups is 1. The number of hydrogen-bond acceptors (Lipinski definition) is 5. The molecule has 0 saturated carbocycles. The Morgan fingerprint density at radius 3 is 2.89 bits per heavy atom. The Balaban J connectivity index is 1.53. The zero-order valence-electron chi connectivity index (χ0n) is 15.4. The summed E-state index contributed by atoms with van der Waals surface area (Å²) in [4.78, 5) is 19.3. The third kappa shape index (κ3) is 3.28. The van der Waals surface area contributed by atoms with Crippen molar-refractivity contribution in [2.24, 2.45) is 0 Å². The Bertz CT molecular complexity index is 1080. The molecule has 2 heterocycles. The summed E-state index contributed by atoms with van der Waals surface area (Å²) in [5.74, 6) is 0.761. The molecule has 0 fully saturated rings. The van der Waals surface area contributed by atoms with E-state index in [1.54, 1.807) is 29.6 Å². The van der Waals surface area contributed by atoms with Crippen LogP contribution in [0.5, 0.6) is 5.75 Å². The van der Waals surface area contributed by atoms with Crippen LogP contribution >= 0.6 is 11.3 Å². The molecule has 5 nitrogen and oxygen atoms in total. The molecule has 138 valence electrons. The van der Waals surface area contributed by atoms with Gasteiger partial charge < -0.3 is 14.1 Å². The van der Waals surface area contributed by atoms with E-state index < -0.39 is 0 Å². The summed E-state index contributed by atoms with van der Waals surface area (Å²) in [5, 5.41) is 1.87. The van der Waals surface area contributed by atoms with Crippen LogP contribution in [-0.2, 0) is 11.2 Å². The highest BCUT2D eigenvalue weighted by molar-refractivity contribution is 7.18. The molecule has 2 aromatic heterocycles. The van der Waals surface area contributed by atoms with Crippen LogP contribution in [0.3, 0.4) is 0 Å². The summed E-state index contributed by atoms with van der Waals surface area (Å²) in [6.07, 6.45) is 1.93. The molecule has 0 aliphatic carbocycles. The average molecular weight is 380 g/mol. The molecular formula is C21H20N2O3S. The SMILES string of the molecule is COc1ccc2c(CC(=O)N(C)[C@@H](C)c3nc4ccccc4s3)coc2c1. The van der Waals surface area contributed by atoms with Gasteiger partial charge in [-0.05, 0) is 31.2 Å². The molecule has 0 aliphatic rings. The average Bonchev–Trinajstić information content (AvgIpc) is 3.30. The standard InChI is InChI=1S/C21H20N2O3S/c1-13(21-22-17-6-4-5-7-19(17)27-21)23(2)20(24)10-14-12-26-18-11-15(25-3)8-9-16(14)18/h4-9,11-13H,10H2,1-3H3/t13-/m0/s1. The zero-order valence-corrected chi connectivity index (χ0v) is 16.2. The first-order valence-electron chi connectivity index (χ1n) is 8.72. The minimum Gasteiger partial charge on any atom is -0.497 e. The molecule has 0 radical (unpaired) electrons. The van der Waals surface area contributed by atoms with Crippen LogP contribution in [-0.4, -0.2) is 29.9 Å². The van der Waals surface area contributed by atoms with Crippen molar-refractivity contribution in [3.8, 4) is 5.75 Å². The number of nitrogens with zero attached hydrogens (tertiary/aromatic N) is 2. The quantitative estimate of drug-likeness (QED) is 0.498. The van der Waals surface area contributed by atoms with Crippen LogP contribution in [0.2, 0.25) is 0 Å². The van der Waals surface area contributed by atoms with Crippen molar-refractivity contribution in [3.63, 3.8) is 0 Å². The molecule has 27 heavy (non-hydrogen) atoms. The lowest BCUT2D eigenvalue weighted by molar-refractivity contribution is -0.131. The van der Waals surface area contributed by atoms with Gasteiger partial charge in [-0.2, -0.15) is 0 Å². The number of methoxy groups -OCH3 is 1. The molecule has 6 heteroatoms. The highest BCUT2D eigenvalue weighted by atomic mass is 32.1. The van der Waals surface area contributed by atoms with Gasteiger partial charge in [-0.3, -0.25) is 4.79 Å².